The fourth-order valence-corrected chi connectivity index (χ4v) is 4.81. The number of carboxylic acids is 1. The van der Waals surface area contributed by atoms with Crippen LogP contribution < -0.4 is 19.8 Å². The maximum atomic E-state index is 13.2. The van der Waals surface area contributed by atoms with E-state index in [4.69, 9.17) is 25.5 Å². The van der Waals surface area contributed by atoms with Crippen molar-refractivity contribution in [1.29, 1.82) is 0 Å². The van der Waals surface area contributed by atoms with E-state index in [0.717, 1.165) is 0 Å². The zero-order valence-corrected chi connectivity index (χ0v) is 23.6. The molecule has 0 saturated heterocycles. The number of carboxylic acid groups (broad SMARTS) is 1. The molecule has 0 aliphatic carbocycles. The van der Waals surface area contributed by atoms with E-state index >= 15 is 0 Å². The maximum Gasteiger partial charge on any atom is 0.335 e. The number of hydrogen-bond donors (Lipinski definition) is 2. The van der Waals surface area contributed by atoms with Crippen LogP contribution in [0, 0.1) is 5.92 Å². The van der Waals surface area contributed by atoms with E-state index in [-0.39, 0.29) is 35.9 Å². The lowest BCUT2D eigenvalue weighted by atomic mass is 9.99. The van der Waals surface area contributed by atoms with Gasteiger partial charge in [0.25, 0.3) is 11.8 Å². The fraction of sp³-hybridized carbons (Fsp3) is 0.188. The molecule has 10 nitrogen and oxygen atoms in total. The van der Waals surface area contributed by atoms with Crippen LogP contribution in [0.5, 0.6) is 11.5 Å². The van der Waals surface area contributed by atoms with Gasteiger partial charge in [-0.1, -0.05) is 25.1 Å². The van der Waals surface area contributed by atoms with Crippen molar-refractivity contribution in [3.8, 4) is 22.8 Å². The molecular formula is C32H30ClN3O7. The number of benzene rings is 3. The standard InChI is InChI=1S/C31H26ClN3O7.CH4/c1-17-23(30(37)35(34-17)21-6-4-5-19(13-21)31(38)39)16-22-9-12-26(42-22)18-7-10-25(32)24(14-18)29(36)33-20-8-11-27(40-2)28(15-20)41-3;/h4-15,23H,16H2,1-3H3,(H,33,36)(H,38,39);1H4. The van der Waals surface area contributed by atoms with Gasteiger partial charge in [0.1, 0.15) is 11.5 Å². The summed E-state index contributed by atoms with van der Waals surface area (Å²) in [6.07, 6.45) is 0.253. The van der Waals surface area contributed by atoms with E-state index in [0.29, 0.717) is 45.7 Å². The number of halogens is 1. The lowest BCUT2D eigenvalue weighted by Crippen LogP contribution is -2.28. The topological polar surface area (TPSA) is 131 Å². The molecule has 0 radical (unpaired) electrons. The molecule has 1 aromatic heterocycles. The summed E-state index contributed by atoms with van der Waals surface area (Å²) in [4.78, 5) is 37.7. The largest absolute Gasteiger partial charge is 0.493 e. The number of anilines is 2. The van der Waals surface area contributed by atoms with Crippen LogP contribution in [-0.2, 0) is 11.2 Å². The summed E-state index contributed by atoms with van der Waals surface area (Å²) in [5.74, 6) is -0.331. The first-order valence-corrected chi connectivity index (χ1v) is 13.2. The Labute approximate surface area is 253 Å². The molecule has 2 amide bonds. The number of furan rings is 1. The number of rotatable bonds is 9. The maximum absolute atomic E-state index is 13.2. The van der Waals surface area contributed by atoms with Crippen LogP contribution in [0.4, 0.5) is 11.4 Å². The average molecular weight is 604 g/mol. The number of hydrogen-bond acceptors (Lipinski definition) is 7. The van der Waals surface area contributed by atoms with Crippen LogP contribution >= 0.6 is 11.6 Å². The predicted octanol–water partition coefficient (Wildman–Crippen LogP) is 6.79. The van der Waals surface area contributed by atoms with Crippen molar-refractivity contribution >= 4 is 46.5 Å². The Hall–Kier alpha value is -5.09. The lowest BCUT2D eigenvalue weighted by molar-refractivity contribution is -0.119. The third-order valence-electron chi connectivity index (χ3n) is 6.81. The van der Waals surface area contributed by atoms with Gasteiger partial charge in [-0.2, -0.15) is 5.10 Å². The van der Waals surface area contributed by atoms with E-state index in [1.807, 2.05) is 0 Å². The molecule has 1 unspecified atom stereocenters. The number of hydrazone groups is 1. The van der Waals surface area contributed by atoms with Crippen LogP contribution in [0.3, 0.4) is 0 Å². The second-order valence-electron chi connectivity index (χ2n) is 9.49. The summed E-state index contributed by atoms with van der Waals surface area (Å²) in [5, 5.41) is 18.0. The molecule has 2 N–H and O–H groups in total. The van der Waals surface area contributed by atoms with E-state index in [1.165, 1.54) is 31.4 Å². The molecule has 3 aromatic carbocycles. The minimum atomic E-state index is -1.09. The molecule has 1 aliphatic heterocycles. The average Bonchev–Trinajstić information content (AvgIpc) is 3.57. The molecule has 222 valence electrons. The fourth-order valence-electron chi connectivity index (χ4n) is 4.60. The smallest absolute Gasteiger partial charge is 0.335 e. The Bertz CT molecular complexity index is 1730. The molecule has 0 fully saturated rings. The minimum absolute atomic E-state index is 0. The predicted molar refractivity (Wildman–Crippen MR) is 165 cm³/mol. The molecule has 11 heteroatoms. The Morgan fingerprint density at radius 1 is 1.02 bits per heavy atom. The quantitative estimate of drug-likeness (QED) is 0.215. The van der Waals surface area contributed by atoms with Gasteiger partial charge in [-0.05, 0) is 67.6 Å². The van der Waals surface area contributed by atoms with Crippen LogP contribution in [0.15, 0.2) is 82.3 Å². The van der Waals surface area contributed by atoms with Crippen molar-refractivity contribution in [2.45, 2.75) is 20.8 Å². The van der Waals surface area contributed by atoms with Gasteiger partial charge in [0.05, 0.1) is 42.0 Å². The van der Waals surface area contributed by atoms with Crippen molar-refractivity contribution in [2.75, 3.05) is 24.5 Å². The number of nitrogens with zero attached hydrogens (tertiary/aromatic N) is 2. The van der Waals surface area contributed by atoms with Gasteiger partial charge in [-0.25, -0.2) is 9.80 Å². The second-order valence-corrected chi connectivity index (χ2v) is 9.90. The molecular weight excluding hydrogens is 574 g/mol. The lowest BCUT2D eigenvalue weighted by Gasteiger charge is -2.14. The van der Waals surface area contributed by atoms with Crippen molar-refractivity contribution in [1.82, 2.24) is 0 Å². The SMILES string of the molecule is C.COc1ccc(NC(=O)c2cc(-c3ccc(CC4C(=O)N(c5cccc(C(=O)O)c5)N=C4C)o3)ccc2Cl)cc1OC. The van der Waals surface area contributed by atoms with E-state index in [9.17, 15) is 19.5 Å². The van der Waals surface area contributed by atoms with E-state index < -0.39 is 17.8 Å². The number of ether oxygens (including phenoxy) is 2. The summed E-state index contributed by atoms with van der Waals surface area (Å²) < 4.78 is 16.6. The number of aromatic carboxylic acids is 1. The summed E-state index contributed by atoms with van der Waals surface area (Å²) >= 11 is 6.37. The molecule has 5 rings (SSSR count). The number of amides is 2. The van der Waals surface area contributed by atoms with Crippen LogP contribution in [0.2, 0.25) is 5.02 Å². The van der Waals surface area contributed by atoms with Gasteiger partial charge in [0, 0.05) is 29.4 Å². The number of nitrogens with one attached hydrogen (secondary N) is 1. The molecule has 0 saturated carbocycles. The van der Waals surface area contributed by atoms with Gasteiger partial charge in [-0.3, -0.25) is 9.59 Å². The van der Waals surface area contributed by atoms with Gasteiger partial charge in [-0.15, -0.1) is 0 Å². The summed E-state index contributed by atoms with van der Waals surface area (Å²) in [6, 6.07) is 19.6. The third kappa shape index (κ3) is 6.39. The molecule has 0 bridgehead atoms. The highest BCUT2D eigenvalue weighted by atomic mass is 35.5. The summed E-state index contributed by atoms with van der Waals surface area (Å²) in [5.41, 5.74) is 2.39. The number of carbonyl (C=O) groups is 3. The number of methoxy groups -OCH3 is 2. The number of carbonyl (C=O) groups excluding carboxylic acids is 2. The second kappa shape index (κ2) is 12.8. The van der Waals surface area contributed by atoms with Crippen molar-refractivity contribution < 1.29 is 33.4 Å². The zero-order valence-electron chi connectivity index (χ0n) is 22.9. The highest BCUT2D eigenvalue weighted by Gasteiger charge is 2.35. The van der Waals surface area contributed by atoms with Crippen LogP contribution in [0.25, 0.3) is 11.3 Å². The van der Waals surface area contributed by atoms with Crippen molar-refractivity contribution in [3.63, 3.8) is 0 Å². The minimum Gasteiger partial charge on any atom is -0.493 e. The first-order valence-electron chi connectivity index (χ1n) is 12.8. The molecule has 1 aliphatic rings. The van der Waals surface area contributed by atoms with Crippen LogP contribution in [-0.4, -0.2) is 42.8 Å². The Kier molecular flexibility index (Phi) is 9.21. The molecule has 2 heterocycles. The van der Waals surface area contributed by atoms with E-state index in [1.54, 1.807) is 67.6 Å². The molecule has 0 spiro atoms. The van der Waals surface area contributed by atoms with Crippen molar-refractivity contribution in [2.24, 2.45) is 11.0 Å². The van der Waals surface area contributed by atoms with Gasteiger partial charge < -0.3 is 24.3 Å². The molecule has 4 aromatic rings. The van der Waals surface area contributed by atoms with Gasteiger partial charge in [0.15, 0.2) is 11.5 Å². The molecule has 1 atom stereocenters. The summed E-state index contributed by atoms with van der Waals surface area (Å²) in [6.45, 7) is 1.75. The monoisotopic (exact) mass is 603 g/mol. The van der Waals surface area contributed by atoms with Gasteiger partial charge >= 0.3 is 5.97 Å². The normalized spacial score (nSPS) is 14.1. The Morgan fingerprint density at radius 3 is 2.51 bits per heavy atom. The zero-order chi connectivity index (χ0) is 30.0. The van der Waals surface area contributed by atoms with E-state index in [2.05, 4.69) is 10.4 Å². The first-order chi connectivity index (χ1) is 20.2. The van der Waals surface area contributed by atoms with Crippen molar-refractivity contribution in [3.05, 3.63) is 94.7 Å². The Balaban J connectivity index is 0.00000423. The third-order valence-corrected chi connectivity index (χ3v) is 7.14. The summed E-state index contributed by atoms with van der Waals surface area (Å²) in [7, 11) is 3.04. The molecule has 43 heavy (non-hydrogen) atoms. The Morgan fingerprint density at radius 2 is 1.79 bits per heavy atom. The van der Waals surface area contributed by atoms with Crippen LogP contribution in [0.1, 0.15) is 40.8 Å². The first kappa shape index (κ1) is 30.9. The van der Waals surface area contributed by atoms with Gasteiger partial charge in [0.2, 0.25) is 0 Å². The highest BCUT2D eigenvalue weighted by Crippen LogP contribution is 2.33. The highest BCUT2D eigenvalue weighted by molar-refractivity contribution is 6.34.